The van der Waals surface area contributed by atoms with E-state index in [0.29, 0.717) is 0 Å². The van der Waals surface area contributed by atoms with Crippen LogP contribution < -0.4 is 15.7 Å². The maximum atomic E-state index is 11.5. The molecule has 7 nitrogen and oxygen atoms in total. The van der Waals surface area contributed by atoms with Crippen LogP contribution in [0, 0.1) is 0 Å². The molecule has 0 aliphatic rings. The van der Waals surface area contributed by atoms with Crippen LogP contribution in [0.2, 0.25) is 0 Å². The van der Waals surface area contributed by atoms with Crippen LogP contribution in [0.4, 0.5) is 0 Å². The van der Waals surface area contributed by atoms with Gasteiger partial charge in [0, 0.05) is 0 Å². The zero-order valence-electron chi connectivity index (χ0n) is 10.1. The molecule has 0 spiro atoms. The van der Waals surface area contributed by atoms with E-state index in [9.17, 15) is 9.59 Å². The molecule has 9 heteroatoms. The van der Waals surface area contributed by atoms with Gasteiger partial charge in [0.05, 0.1) is 12.0 Å². The third-order valence-electron chi connectivity index (χ3n) is 2.21. The maximum absolute atomic E-state index is 11.5. The summed E-state index contributed by atoms with van der Waals surface area (Å²) in [5.41, 5.74) is 0. The van der Waals surface area contributed by atoms with E-state index in [2.05, 4.69) is 25.1 Å². The van der Waals surface area contributed by atoms with Gasteiger partial charge in [0.1, 0.15) is 6.04 Å². The van der Waals surface area contributed by atoms with Gasteiger partial charge in [0.25, 0.3) is 0 Å². The van der Waals surface area contributed by atoms with Crippen molar-refractivity contribution in [1.82, 2.24) is 15.7 Å². The topological polar surface area (TPSA) is 111 Å². The Morgan fingerprint density at radius 3 is 1.94 bits per heavy atom. The van der Waals surface area contributed by atoms with Gasteiger partial charge in [0.15, 0.2) is 0 Å². The van der Waals surface area contributed by atoms with E-state index in [1.165, 1.54) is 13.8 Å². The lowest BCUT2D eigenvalue weighted by molar-refractivity contribution is -0.129. The molecule has 0 saturated heterocycles. The summed E-state index contributed by atoms with van der Waals surface area (Å²) in [7, 11) is 0.580. The number of nitrogens with one attached hydrogen (secondary N) is 3. The second-order valence-electron chi connectivity index (χ2n) is 3.83. The molecule has 3 unspecified atom stereocenters. The lowest BCUT2D eigenvalue weighted by atomic mass is 9.81. The fraction of sp³-hybridized carbons (Fsp3) is 0.750. The minimum Gasteiger partial charge on any atom is -0.426 e. The number of hydrogen-bond donors (Lipinski definition) is 5. The molecule has 4 atom stereocenters. The Morgan fingerprint density at radius 2 is 1.53 bits per heavy atom. The predicted molar refractivity (Wildman–Crippen MR) is 67.7 cm³/mol. The van der Waals surface area contributed by atoms with E-state index in [0.717, 1.165) is 0 Å². The van der Waals surface area contributed by atoms with Crippen molar-refractivity contribution in [3.63, 3.8) is 0 Å². The second kappa shape index (κ2) is 7.60. The van der Waals surface area contributed by atoms with Gasteiger partial charge in [-0.05, 0) is 20.8 Å². The van der Waals surface area contributed by atoms with E-state index in [1.54, 1.807) is 6.92 Å². The molecule has 0 saturated carbocycles. The van der Waals surface area contributed by atoms with Gasteiger partial charge in [-0.2, -0.15) is 0 Å². The maximum Gasteiger partial charge on any atom is 0.475 e. The lowest BCUT2D eigenvalue weighted by Gasteiger charge is -2.19. The molecule has 0 bridgehead atoms. The quantitative estimate of drug-likeness (QED) is 0.275. The van der Waals surface area contributed by atoms with Gasteiger partial charge in [0.2, 0.25) is 11.8 Å². The highest BCUT2D eigenvalue weighted by Crippen LogP contribution is 1.91. The standard InChI is InChI=1S/C8H19BN3O4P/c1-4(10-8(14)5(2)12-17)7(13)11-6(3)9(15)16/h4-6,12,15-16H,17H2,1-3H3,(H,10,14)(H,11,13)/t4?,5?,6-/m0/s1. The summed E-state index contributed by atoms with van der Waals surface area (Å²) >= 11 is 0. The van der Waals surface area contributed by atoms with Crippen molar-refractivity contribution in [3.8, 4) is 0 Å². The average Bonchev–Trinajstić information content (AvgIpc) is 2.27. The molecule has 2 amide bonds. The van der Waals surface area contributed by atoms with E-state index < -0.39 is 31.1 Å². The van der Waals surface area contributed by atoms with E-state index in [4.69, 9.17) is 10.0 Å². The first-order valence-corrected chi connectivity index (χ1v) is 5.80. The highest BCUT2D eigenvalue weighted by atomic mass is 31.0. The molecule has 0 rings (SSSR count). The zero-order chi connectivity index (χ0) is 13.6. The summed E-state index contributed by atoms with van der Waals surface area (Å²) in [5.74, 6) is -1.59. The third-order valence-corrected chi connectivity index (χ3v) is 2.71. The number of carbonyl (C=O) groups is 2. The fourth-order valence-corrected chi connectivity index (χ4v) is 1.05. The SMILES string of the molecule is CC(NP)C(=O)NC(C)C(=O)N[C@@H](C)B(O)O. The number of rotatable bonds is 6. The van der Waals surface area contributed by atoms with E-state index in [1.807, 2.05) is 0 Å². The van der Waals surface area contributed by atoms with Crippen LogP contribution in [0.25, 0.3) is 0 Å². The summed E-state index contributed by atoms with van der Waals surface area (Å²) in [4.78, 5) is 23.0. The summed E-state index contributed by atoms with van der Waals surface area (Å²) in [5, 5.41) is 25.1. The number of carbonyl (C=O) groups excluding carboxylic acids is 2. The van der Waals surface area contributed by atoms with Crippen molar-refractivity contribution in [1.29, 1.82) is 0 Å². The first-order chi connectivity index (χ1) is 7.79. The smallest absolute Gasteiger partial charge is 0.426 e. The molecule has 0 heterocycles. The van der Waals surface area contributed by atoms with Crippen LogP contribution in [-0.2, 0) is 9.59 Å². The first kappa shape index (κ1) is 16.3. The summed E-state index contributed by atoms with van der Waals surface area (Å²) in [6, 6.07) is -1.18. The molecule has 0 radical (unpaired) electrons. The monoisotopic (exact) mass is 263 g/mol. The Balaban J connectivity index is 4.19. The van der Waals surface area contributed by atoms with E-state index in [-0.39, 0.29) is 5.91 Å². The Hall–Kier alpha value is -0.685. The van der Waals surface area contributed by atoms with Crippen LogP contribution in [0.1, 0.15) is 20.8 Å². The molecule has 17 heavy (non-hydrogen) atoms. The minimum atomic E-state index is -1.63. The highest BCUT2D eigenvalue weighted by molar-refractivity contribution is 7.13. The second-order valence-corrected chi connectivity index (χ2v) is 4.16. The molecule has 98 valence electrons. The van der Waals surface area contributed by atoms with Crippen LogP contribution in [0.15, 0.2) is 0 Å². The minimum absolute atomic E-state index is 0.320. The van der Waals surface area contributed by atoms with Crippen molar-refractivity contribution < 1.29 is 19.6 Å². The normalized spacial score (nSPS) is 15.6. The van der Waals surface area contributed by atoms with Crippen molar-refractivity contribution in [2.24, 2.45) is 0 Å². The van der Waals surface area contributed by atoms with Crippen molar-refractivity contribution in [3.05, 3.63) is 0 Å². The summed E-state index contributed by atoms with van der Waals surface area (Å²) < 4.78 is 0. The highest BCUT2D eigenvalue weighted by Gasteiger charge is 2.24. The van der Waals surface area contributed by atoms with Crippen LogP contribution >= 0.6 is 9.39 Å². The molecule has 0 aliphatic heterocycles. The van der Waals surface area contributed by atoms with Crippen molar-refractivity contribution in [2.45, 2.75) is 38.8 Å². The van der Waals surface area contributed by atoms with Crippen molar-refractivity contribution >= 4 is 28.3 Å². The first-order valence-electron chi connectivity index (χ1n) is 5.22. The van der Waals surface area contributed by atoms with Crippen LogP contribution in [-0.4, -0.2) is 47.0 Å². The van der Waals surface area contributed by atoms with Gasteiger partial charge >= 0.3 is 7.12 Å². The number of hydrogen-bond acceptors (Lipinski definition) is 5. The van der Waals surface area contributed by atoms with Gasteiger partial charge in [-0.3, -0.25) is 14.7 Å². The molecule has 0 aromatic rings. The Bertz CT molecular complexity index is 279. The van der Waals surface area contributed by atoms with Gasteiger partial charge in [-0.1, -0.05) is 9.39 Å². The predicted octanol–water partition coefficient (Wildman–Crippen LogP) is -2.22. The van der Waals surface area contributed by atoms with Gasteiger partial charge in [-0.25, -0.2) is 0 Å². The third kappa shape index (κ3) is 5.98. The molecular formula is C8H19BN3O4P. The average molecular weight is 263 g/mol. The summed E-state index contributed by atoms with van der Waals surface area (Å²) in [6.07, 6.45) is 0. The van der Waals surface area contributed by atoms with Crippen LogP contribution in [0.5, 0.6) is 0 Å². The summed E-state index contributed by atoms with van der Waals surface area (Å²) in [6.45, 7) is 4.61. The zero-order valence-corrected chi connectivity index (χ0v) is 11.3. The van der Waals surface area contributed by atoms with E-state index >= 15 is 0 Å². The molecule has 5 N–H and O–H groups in total. The lowest BCUT2D eigenvalue weighted by Crippen LogP contribution is -2.53. The van der Waals surface area contributed by atoms with Crippen molar-refractivity contribution in [2.75, 3.05) is 0 Å². The van der Waals surface area contributed by atoms with Gasteiger partial charge < -0.3 is 20.7 Å². The molecule has 0 fully saturated rings. The largest absolute Gasteiger partial charge is 0.475 e. The molecule has 0 aliphatic carbocycles. The van der Waals surface area contributed by atoms with Gasteiger partial charge in [-0.15, -0.1) is 0 Å². The molecule has 0 aromatic heterocycles. The molecular weight excluding hydrogens is 244 g/mol. The Kier molecular flexibility index (Phi) is 7.30. The fourth-order valence-electron chi connectivity index (χ4n) is 0.904. The number of amides is 2. The Morgan fingerprint density at radius 1 is 1.06 bits per heavy atom. The van der Waals surface area contributed by atoms with Crippen LogP contribution in [0.3, 0.4) is 0 Å². The molecule has 0 aromatic carbocycles. The Labute approximate surface area is 103 Å².